The Morgan fingerprint density at radius 2 is 1.95 bits per heavy atom. The molecule has 0 atom stereocenters. The molecule has 0 aliphatic rings. The third kappa shape index (κ3) is 2.18. The van der Waals surface area contributed by atoms with Crippen LogP contribution in [-0.4, -0.2) is 24.5 Å². The maximum absolute atomic E-state index is 6.23. The van der Waals surface area contributed by atoms with Crippen LogP contribution in [0.15, 0.2) is 24.7 Å². The number of nitrogens with zero attached hydrogens (tertiary/aromatic N) is 5. The summed E-state index contributed by atoms with van der Waals surface area (Å²) in [6.07, 6.45) is 5.65. The van der Waals surface area contributed by atoms with Gasteiger partial charge in [0.15, 0.2) is 0 Å². The molecule has 104 valence electrons. The fourth-order valence-corrected chi connectivity index (χ4v) is 2.31. The molecule has 20 heavy (non-hydrogen) atoms. The Kier molecular flexibility index (Phi) is 2.83. The summed E-state index contributed by atoms with van der Waals surface area (Å²) in [5.74, 6) is 0. The average Bonchev–Trinajstić information content (AvgIpc) is 2.93. The molecule has 0 radical (unpaired) electrons. The molecule has 0 saturated heterocycles. The molecule has 0 spiro atoms. The second-order valence-electron chi connectivity index (χ2n) is 5.88. The molecule has 3 rings (SSSR count). The third-order valence-corrected chi connectivity index (χ3v) is 3.43. The van der Waals surface area contributed by atoms with Gasteiger partial charge in [0.2, 0.25) is 0 Å². The van der Waals surface area contributed by atoms with E-state index in [1.165, 1.54) is 0 Å². The van der Waals surface area contributed by atoms with E-state index >= 15 is 0 Å². The van der Waals surface area contributed by atoms with Gasteiger partial charge in [-0.25, -0.2) is 4.98 Å². The number of rotatable bonds is 1. The molecule has 0 aromatic carbocycles. The lowest BCUT2D eigenvalue weighted by atomic mass is 10.1. The summed E-state index contributed by atoms with van der Waals surface area (Å²) in [6, 6.07) is 1.94. The van der Waals surface area contributed by atoms with Crippen molar-refractivity contribution in [2.24, 2.45) is 7.05 Å². The molecule has 0 amide bonds. The molecule has 3 aromatic heterocycles. The van der Waals surface area contributed by atoms with Crippen molar-refractivity contribution in [3.05, 3.63) is 29.8 Å². The number of hydrogen-bond acceptors (Lipinski definition) is 3. The van der Waals surface area contributed by atoms with Crippen molar-refractivity contribution < 1.29 is 0 Å². The van der Waals surface area contributed by atoms with E-state index in [4.69, 9.17) is 11.6 Å². The van der Waals surface area contributed by atoms with Gasteiger partial charge >= 0.3 is 0 Å². The Bertz CT molecular complexity index is 779. The van der Waals surface area contributed by atoms with Crippen molar-refractivity contribution in [2.45, 2.75) is 26.3 Å². The third-order valence-electron chi connectivity index (χ3n) is 3.14. The minimum atomic E-state index is -0.0584. The highest BCUT2D eigenvalue weighted by Gasteiger charge is 2.16. The van der Waals surface area contributed by atoms with Crippen LogP contribution in [0.3, 0.4) is 0 Å². The fraction of sp³-hybridized carbons (Fsp3) is 0.357. The van der Waals surface area contributed by atoms with Gasteiger partial charge in [0.1, 0.15) is 5.15 Å². The quantitative estimate of drug-likeness (QED) is 0.646. The zero-order chi connectivity index (χ0) is 14.5. The number of aromatic nitrogens is 5. The lowest BCUT2D eigenvalue weighted by Gasteiger charge is -2.18. The van der Waals surface area contributed by atoms with Crippen molar-refractivity contribution >= 4 is 22.5 Å². The minimum Gasteiger partial charge on any atom is -0.274 e. The smallest absolute Gasteiger partial charge is 0.140 e. The van der Waals surface area contributed by atoms with E-state index in [0.717, 1.165) is 22.2 Å². The van der Waals surface area contributed by atoms with Crippen molar-refractivity contribution in [2.75, 3.05) is 0 Å². The maximum Gasteiger partial charge on any atom is 0.140 e. The highest BCUT2D eigenvalue weighted by atomic mass is 35.5. The van der Waals surface area contributed by atoms with E-state index in [1.54, 1.807) is 10.9 Å². The summed E-state index contributed by atoms with van der Waals surface area (Å²) in [6.45, 7) is 6.31. The summed E-state index contributed by atoms with van der Waals surface area (Å²) in [4.78, 5) is 4.44. The molecule has 6 heteroatoms. The van der Waals surface area contributed by atoms with E-state index in [9.17, 15) is 0 Å². The van der Waals surface area contributed by atoms with Gasteiger partial charge in [0.05, 0.1) is 28.3 Å². The van der Waals surface area contributed by atoms with Crippen molar-refractivity contribution in [3.8, 4) is 11.3 Å². The van der Waals surface area contributed by atoms with E-state index < -0.39 is 0 Å². The minimum absolute atomic E-state index is 0.0584. The Morgan fingerprint density at radius 1 is 1.20 bits per heavy atom. The second kappa shape index (κ2) is 4.31. The normalized spacial score (nSPS) is 12.2. The number of pyridine rings is 1. The van der Waals surface area contributed by atoms with E-state index in [2.05, 4.69) is 36.0 Å². The standard InChI is InChI=1S/C14H16ClN5/c1-14(2,3)20-7-9(6-16-20)11-5-12-10(13(15)17-11)8-19(4)18-12/h5-8H,1-4H3. The van der Waals surface area contributed by atoms with Crippen LogP contribution >= 0.6 is 11.6 Å². The first-order chi connectivity index (χ1) is 9.34. The zero-order valence-electron chi connectivity index (χ0n) is 11.9. The van der Waals surface area contributed by atoms with Gasteiger partial charge in [-0.3, -0.25) is 9.36 Å². The molecule has 0 unspecified atom stereocenters. The fourth-order valence-electron chi connectivity index (χ4n) is 2.07. The van der Waals surface area contributed by atoms with Crippen LogP contribution in [-0.2, 0) is 12.6 Å². The molecule has 0 aliphatic heterocycles. The van der Waals surface area contributed by atoms with Gasteiger partial charge in [0.25, 0.3) is 0 Å². The Labute approximate surface area is 122 Å². The Hall–Kier alpha value is -1.88. The zero-order valence-corrected chi connectivity index (χ0v) is 12.7. The van der Waals surface area contributed by atoms with E-state index in [-0.39, 0.29) is 5.54 Å². The predicted molar refractivity (Wildman–Crippen MR) is 79.7 cm³/mol. The highest BCUT2D eigenvalue weighted by Crippen LogP contribution is 2.27. The second-order valence-corrected chi connectivity index (χ2v) is 6.24. The molecule has 0 saturated carbocycles. The maximum atomic E-state index is 6.23. The Balaban J connectivity index is 2.12. The molecule has 0 fully saturated rings. The lowest BCUT2D eigenvalue weighted by Crippen LogP contribution is -2.21. The topological polar surface area (TPSA) is 48.5 Å². The molecular formula is C14H16ClN5. The molecule has 5 nitrogen and oxygen atoms in total. The van der Waals surface area contributed by atoms with Crippen LogP contribution in [0.5, 0.6) is 0 Å². The summed E-state index contributed by atoms with van der Waals surface area (Å²) >= 11 is 6.23. The summed E-state index contributed by atoms with van der Waals surface area (Å²) in [7, 11) is 1.87. The molecule has 3 aromatic rings. The monoisotopic (exact) mass is 289 g/mol. The number of halogens is 1. The van der Waals surface area contributed by atoms with Gasteiger partial charge in [-0.05, 0) is 26.8 Å². The van der Waals surface area contributed by atoms with Gasteiger partial charge in [0, 0.05) is 25.0 Å². The Morgan fingerprint density at radius 3 is 2.60 bits per heavy atom. The van der Waals surface area contributed by atoms with Crippen LogP contribution in [0.4, 0.5) is 0 Å². The van der Waals surface area contributed by atoms with Crippen LogP contribution in [0, 0.1) is 0 Å². The van der Waals surface area contributed by atoms with Crippen LogP contribution in [0.25, 0.3) is 22.2 Å². The first kappa shape index (κ1) is 13.1. The molecular weight excluding hydrogens is 274 g/mol. The first-order valence-electron chi connectivity index (χ1n) is 6.40. The SMILES string of the molecule is Cn1cc2c(Cl)nc(-c3cnn(C(C)(C)C)c3)cc2n1. The molecule has 0 bridgehead atoms. The number of fused-ring (bicyclic) bond motifs is 1. The summed E-state index contributed by atoms with van der Waals surface area (Å²) in [5, 5.41) is 10.1. The highest BCUT2D eigenvalue weighted by molar-refractivity contribution is 6.34. The van der Waals surface area contributed by atoms with Crippen molar-refractivity contribution in [1.82, 2.24) is 24.5 Å². The largest absolute Gasteiger partial charge is 0.274 e. The van der Waals surface area contributed by atoms with Crippen molar-refractivity contribution in [1.29, 1.82) is 0 Å². The number of aryl methyl sites for hydroxylation is 1. The summed E-state index contributed by atoms with van der Waals surface area (Å²) in [5.41, 5.74) is 2.51. The molecule has 0 N–H and O–H groups in total. The molecule has 0 aliphatic carbocycles. The predicted octanol–water partition coefficient (Wildman–Crippen LogP) is 3.24. The summed E-state index contributed by atoms with van der Waals surface area (Å²) < 4.78 is 3.65. The van der Waals surface area contributed by atoms with Crippen molar-refractivity contribution in [3.63, 3.8) is 0 Å². The van der Waals surface area contributed by atoms with Gasteiger partial charge in [-0.2, -0.15) is 10.2 Å². The van der Waals surface area contributed by atoms with Crippen LogP contribution < -0.4 is 0 Å². The van der Waals surface area contributed by atoms with Crippen LogP contribution in [0.1, 0.15) is 20.8 Å². The number of hydrogen-bond donors (Lipinski definition) is 0. The molecule has 3 heterocycles. The van der Waals surface area contributed by atoms with E-state index in [1.807, 2.05) is 30.2 Å². The van der Waals surface area contributed by atoms with Crippen LogP contribution in [0.2, 0.25) is 5.15 Å². The van der Waals surface area contributed by atoms with Gasteiger partial charge in [-0.15, -0.1) is 0 Å². The average molecular weight is 290 g/mol. The van der Waals surface area contributed by atoms with Gasteiger partial charge in [-0.1, -0.05) is 11.6 Å². The lowest BCUT2D eigenvalue weighted by molar-refractivity contribution is 0.355. The van der Waals surface area contributed by atoms with Gasteiger partial charge < -0.3 is 0 Å². The van der Waals surface area contributed by atoms with E-state index in [0.29, 0.717) is 5.15 Å². The first-order valence-corrected chi connectivity index (χ1v) is 6.78.